The quantitative estimate of drug-likeness (QED) is 0.826. The molecule has 0 bridgehead atoms. The SMILES string of the molecule is CCOc1ccc2c(c1)N1CCNC1S2. The zero-order valence-electron chi connectivity index (χ0n) is 8.69. The zero-order chi connectivity index (χ0) is 10.3. The first kappa shape index (κ1) is 9.36. The lowest BCUT2D eigenvalue weighted by Crippen LogP contribution is -2.28. The second-order valence-corrected chi connectivity index (χ2v) is 4.80. The van der Waals surface area contributed by atoms with Crippen molar-refractivity contribution in [2.45, 2.75) is 17.3 Å². The Labute approximate surface area is 93.8 Å². The summed E-state index contributed by atoms with van der Waals surface area (Å²) < 4.78 is 5.52. The Balaban J connectivity index is 1.94. The molecule has 2 aliphatic heterocycles. The normalized spacial score (nSPS) is 22.7. The van der Waals surface area contributed by atoms with Gasteiger partial charge in [-0.15, -0.1) is 0 Å². The molecule has 0 amide bonds. The number of thioether (sulfide) groups is 1. The monoisotopic (exact) mass is 222 g/mol. The number of nitrogens with zero attached hydrogens (tertiary/aromatic N) is 1. The molecule has 80 valence electrons. The number of anilines is 1. The van der Waals surface area contributed by atoms with Crippen LogP contribution in [0, 0.1) is 0 Å². The maximum absolute atomic E-state index is 5.52. The number of ether oxygens (including phenoxy) is 1. The first-order valence-corrected chi connectivity index (χ1v) is 6.20. The van der Waals surface area contributed by atoms with Crippen LogP contribution in [-0.2, 0) is 0 Å². The van der Waals surface area contributed by atoms with Crippen molar-refractivity contribution >= 4 is 17.4 Å². The number of hydrogen-bond donors (Lipinski definition) is 1. The third-order valence-electron chi connectivity index (χ3n) is 2.74. The fraction of sp³-hybridized carbons (Fsp3) is 0.455. The van der Waals surface area contributed by atoms with E-state index < -0.39 is 0 Å². The molecule has 0 aliphatic carbocycles. The summed E-state index contributed by atoms with van der Waals surface area (Å²) in [6, 6.07) is 6.36. The van der Waals surface area contributed by atoms with E-state index in [1.165, 1.54) is 10.6 Å². The molecule has 15 heavy (non-hydrogen) atoms. The minimum absolute atomic E-state index is 0.442. The van der Waals surface area contributed by atoms with E-state index in [-0.39, 0.29) is 0 Å². The Hall–Kier alpha value is -0.870. The lowest BCUT2D eigenvalue weighted by Gasteiger charge is -2.16. The highest BCUT2D eigenvalue weighted by Gasteiger charge is 2.33. The summed E-state index contributed by atoms with van der Waals surface area (Å²) in [5, 5.41) is 3.47. The van der Waals surface area contributed by atoms with Gasteiger partial charge in [-0.3, -0.25) is 5.32 Å². The third-order valence-corrected chi connectivity index (χ3v) is 3.99. The van der Waals surface area contributed by atoms with Gasteiger partial charge < -0.3 is 9.64 Å². The summed E-state index contributed by atoms with van der Waals surface area (Å²) >= 11 is 1.89. The first-order chi connectivity index (χ1) is 7.38. The Morgan fingerprint density at radius 1 is 1.60 bits per heavy atom. The van der Waals surface area contributed by atoms with E-state index in [1.807, 2.05) is 18.7 Å². The number of rotatable bonds is 2. The van der Waals surface area contributed by atoms with Crippen LogP contribution in [-0.4, -0.2) is 25.2 Å². The molecule has 3 rings (SSSR count). The summed E-state index contributed by atoms with van der Waals surface area (Å²) in [6.45, 7) is 4.92. The minimum atomic E-state index is 0.442. The van der Waals surface area contributed by atoms with Crippen molar-refractivity contribution in [3.8, 4) is 5.75 Å². The lowest BCUT2D eigenvalue weighted by atomic mass is 10.3. The van der Waals surface area contributed by atoms with E-state index in [0.29, 0.717) is 5.50 Å². The van der Waals surface area contributed by atoms with Gasteiger partial charge in [0.25, 0.3) is 0 Å². The Morgan fingerprint density at radius 2 is 2.53 bits per heavy atom. The molecule has 1 N–H and O–H groups in total. The molecule has 0 spiro atoms. The van der Waals surface area contributed by atoms with Gasteiger partial charge in [0.05, 0.1) is 12.3 Å². The van der Waals surface area contributed by atoms with Crippen molar-refractivity contribution in [1.29, 1.82) is 0 Å². The highest BCUT2D eigenvalue weighted by atomic mass is 32.2. The maximum atomic E-state index is 5.52. The predicted octanol–water partition coefficient (Wildman–Crippen LogP) is 1.88. The smallest absolute Gasteiger partial charge is 0.133 e. The Morgan fingerprint density at radius 3 is 3.40 bits per heavy atom. The van der Waals surface area contributed by atoms with E-state index in [0.717, 1.165) is 25.4 Å². The topological polar surface area (TPSA) is 24.5 Å². The van der Waals surface area contributed by atoms with Crippen LogP contribution in [0.2, 0.25) is 0 Å². The molecule has 1 fully saturated rings. The molecule has 0 aromatic heterocycles. The number of hydrogen-bond acceptors (Lipinski definition) is 4. The molecular formula is C11H14N2OS. The van der Waals surface area contributed by atoms with E-state index >= 15 is 0 Å². The number of benzene rings is 1. The van der Waals surface area contributed by atoms with Gasteiger partial charge in [-0.25, -0.2) is 0 Å². The molecule has 3 nitrogen and oxygen atoms in total. The molecule has 4 heteroatoms. The van der Waals surface area contributed by atoms with E-state index in [4.69, 9.17) is 4.74 Å². The molecule has 1 unspecified atom stereocenters. The highest BCUT2D eigenvalue weighted by Crippen LogP contribution is 2.45. The Kier molecular flexibility index (Phi) is 2.25. The molecule has 1 aromatic rings. The molecule has 0 radical (unpaired) electrons. The predicted molar refractivity (Wildman–Crippen MR) is 62.6 cm³/mol. The third kappa shape index (κ3) is 1.48. The van der Waals surface area contributed by atoms with Gasteiger partial charge in [0.2, 0.25) is 0 Å². The largest absolute Gasteiger partial charge is 0.494 e. The second-order valence-electron chi connectivity index (χ2n) is 3.68. The standard InChI is InChI=1S/C11H14N2OS/c1-2-14-8-3-4-10-9(7-8)13-6-5-12-11(13)15-10/h3-4,7,11-12H,2,5-6H2,1H3. The van der Waals surface area contributed by atoms with Crippen LogP contribution >= 0.6 is 11.8 Å². The molecule has 1 atom stereocenters. The van der Waals surface area contributed by atoms with Crippen LogP contribution in [0.15, 0.2) is 23.1 Å². The van der Waals surface area contributed by atoms with Crippen LogP contribution in [0.4, 0.5) is 5.69 Å². The van der Waals surface area contributed by atoms with Crippen molar-refractivity contribution in [2.75, 3.05) is 24.6 Å². The van der Waals surface area contributed by atoms with Gasteiger partial charge in [0.1, 0.15) is 11.2 Å². The second kappa shape index (κ2) is 3.61. The lowest BCUT2D eigenvalue weighted by molar-refractivity contribution is 0.340. The average Bonchev–Trinajstić information content (AvgIpc) is 2.78. The highest BCUT2D eigenvalue weighted by molar-refractivity contribution is 8.00. The van der Waals surface area contributed by atoms with Crippen LogP contribution in [0.3, 0.4) is 0 Å². The van der Waals surface area contributed by atoms with Crippen molar-refractivity contribution in [3.05, 3.63) is 18.2 Å². The molecule has 0 saturated carbocycles. The minimum Gasteiger partial charge on any atom is -0.494 e. The fourth-order valence-corrected chi connectivity index (χ4v) is 3.32. The van der Waals surface area contributed by atoms with Crippen molar-refractivity contribution in [2.24, 2.45) is 0 Å². The van der Waals surface area contributed by atoms with Gasteiger partial charge in [0, 0.05) is 24.1 Å². The van der Waals surface area contributed by atoms with Gasteiger partial charge in [-0.1, -0.05) is 11.8 Å². The van der Waals surface area contributed by atoms with Crippen LogP contribution in [0.5, 0.6) is 5.75 Å². The number of nitrogens with one attached hydrogen (secondary N) is 1. The fourth-order valence-electron chi connectivity index (χ4n) is 2.09. The maximum Gasteiger partial charge on any atom is 0.133 e. The summed E-state index contributed by atoms with van der Waals surface area (Å²) in [7, 11) is 0. The Bertz CT molecular complexity index is 383. The summed E-state index contributed by atoms with van der Waals surface area (Å²) in [6.07, 6.45) is 0. The average molecular weight is 222 g/mol. The van der Waals surface area contributed by atoms with Crippen LogP contribution < -0.4 is 15.0 Å². The molecule has 2 aliphatic rings. The van der Waals surface area contributed by atoms with Crippen LogP contribution in [0.1, 0.15) is 6.92 Å². The summed E-state index contributed by atoms with van der Waals surface area (Å²) in [4.78, 5) is 3.76. The van der Waals surface area contributed by atoms with Crippen LogP contribution in [0.25, 0.3) is 0 Å². The molecule has 1 saturated heterocycles. The van der Waals surface area contributed by atoms with Gasteiger partial charge in [-0.2, -0.15) is 0 Å². The van der Waals surface area contributed by atoms with Crippen molar-refractivity contribution < 1.29 is 4.74 Å². The van der Waals surface area contributed by atoms with Gasteiger partial charge in [-0.05, 0) is 19.1 Å². The molecule has 2 heterocycles. The van der Waals surface area contributed by atoms with Gasteiger partial charge >= 0.3 is 0 Å². The van der Waals surface area contributed by atoms with Crippen molar-refractivity contribution in [3.63, 3.8) is 0 Å². The van der Waals surface area contributed by atoms with Gasteiger partial charge in [0.15, 0.2) is 0 Å². The molecular weight excluding hydrogens is 208 g/mol. The van der Waals surface area contributed by atoms with Crippen molar-refractivity contribution in [1.82, 2.24) is 5.32 Å². The van der Waals surface area contributed by atoms with E-state index in [9.17, 15) is 0 Å². The van der Waals surface area contributed by atoms with E-state index in [1.54, 1.807) is 0 Å². The summed E-state index contributed by atoms with van der Waals surface area (Å²) in [5.41, 5.74) is 1.76. The summed E-state index contributed by atoms with van der Waals surface area (Å²) in [5.74, 6) is 0.976. The first-order valence-electron chi connectivity index (χ1n) is 5.32. The number of fused-ring (bicyclic) bond motifs is 3. The van der Waals surface area contributed by atoms with E-state index in [2.05, 4.69) is 28.4 Å². The zero-order valence-corrected chi connectivity index (χ0v) is 9.51. The molecule has 1 aromatic carbocycles.